The fraction of sp³-hybridized carbons (Fsp3) is 0.316. The topological polar surface area (TPSA) is 52.6 Å². The molecule has 23 heavy (non-hydrogen) atoms. The quantitative estimate of drug-likeness (QED) is 0.861. The molecule has 4 nitrogen and oxygen atoms in total. The molecule has 0 bridgehead atoms. The summed E-state index contributed by atoms with van der Waals surface area (Å²) in [5.41, 5.74) is 4.22. The molecule has 1 heterocycles. The largest absolute Gasteiger partial charge is 0.478 e. The van der Waals surface area contributed by atoms with Crippen molar-refractivity contribution in [2.45, 2.75) is 25.9 Å². The van der Waals surface area contributed by atoms with Gasteiger partial charge in [-0.1, -0.05) is 30.3 Å². The molecule has 0 saturated heterocycles. The number of hydrogen-bond acceptors (Lipinski definition) is 3. The van der Waals surface area contributed by atoms with Gasteiger partial charge in [-0.05, 0) is 42.7 Å². The number of nitrogens with one attached hydrogen (secondary N) is 1. The summed E-state index contributed by atoms with van der Waals surface area (Å²) in [5.74, 6) is -0.883. The lowest BCUT2D eigenvalue weighted by atomic mass is 10.1. The van der Waals surface area contributed by atoms with E-state index in [1.165, 1.54) is 11.3 Å². The zero-order valence-electron chi connectivity index (χ0n) is 13.3. The van der Waals surface area contributed by atoms with Crippen molar-refractivity contribution in [3.8, 4) is 0 Å². The van der Waals surface area contributed by atoms with E-state index in [1.54, 1.807) is 12.1 Å². The number of hydrogen-bond donors (Lipinski definition) is 2. The summed E-state index contributed by atoms with van der Waals surface area (Å²) in [6.07, 6.45) is 1.12. The van der Waals surface area contributed by atoms with E-state index in [0.29, 0.717) is 11.6 Å². The van der Waals surface area contributed by atoms with Gasteiger partial charge >= 0.3 is 5.97 Å². The van der Waals surface area contributed by atoms with E-state index in [4.69, 9.17) is 5.11 Å². The van der Waals surface area contributed by atoms with Crippen molar-refractivity contribution in [1.29, 1.82) is 0 Å². The van der Waals surface area contributed by atoms with E-state index in [-0.39, 0.29) is 0 Å². The lowest BCUT2D eigenvalue weighted by molar-refractivity contribution is 0.0697. The minimum Gasteiger partial charge on any atom is -0.478 e. The molecule has 0 spiro atoms. The number of carbonyl (C=O) groups is 1. The highest BCUT2D eigenvalue weighted by Gasteiger charge is 2.22. The molecule has 2 N–H and O–H groups in total. The zero-order valence-corrected chi connectivity index (χ0v) is 13.3. The molecule has 2 aromatic carbocycles. The average molecular weight is 310 g/mol. The molecule has 0 fully saturated rings. The molecule has 0 aromatic heterocycles. The van der Waals surface area contributed by atoms with Gasteiger partial charge in [0.05, 0.1) is 5.56 Å². The molecular formula is C19H22N2O2. The molecule has 1 aliphatic rings. The van der Waals surface area contributed by atoms with Crippen molar-refractivity contribution in [2.75, 3.05) is 18.0 Å². The van der Waals surface area contributed by atoms with Crippen LogP contribution in [0.3, 0.4) is 0 Å². The molecule has 4 heteroatoms. The fourth-order valence-electron chi connectivity index (χ4n) is 3.12. The molecule has 120 valence electrons. The number of nitrogens with zero attached hydrogens (tertiary/aromatic N) is 1. The highest BCUT2D eigenvalue weighted by atomic mass is 16.4. The van der Waals surface area contributed by atoms with Gasteiger partial charge in [0.1, 0.15) is 0 Å². The van der Waals surface area contributed by atoms with Crippen LogP contribution in [0.4, 0.5) is 5.69 Å². The first-order chi connectivity index (χ1) is 11.1. The predicted molar refractivity (Wildman–Crippen MR) is 92.1 cm³/mol. The van der Waals surface area contributed by atoms with Crippen molar-refractivity contribution in [1.82, 2.24) is 5.32 Å². The first-order valence-corrected chi connectivity index (χ1v) is 8.02. The third-order valence-electron chi connectivity index (χ3n) is 4.42. The van der Waals surface area contributed by atoms with E-state index in [1.807, 2.05) is 12.1 Å². The summed E-state index contributed by atoms with van der Waals surface area (Å²) < 4.78 is 0. The molecule has 0 saturated carbocycles. The van der Waals surface area contributed by atoms with Crippen molar-refractivity contribution in [2.24, 2.45) is 0 Å². The van der Waals surface area contributed by atoms with Crippen molar-refractivity contribution < 1.29 is 9.90 Å². The Hall–Kier alpha value is -2.33. The van der Waals surface area contributed by atoms with Gasteiger partial charge in [0, 0.05) is 31.4 Å². The van der Waals surface area contributed by atoms with Gasteiger partial charge < -0.3 is 15.3 Å². The van der Waals surface area contributed by atoms with Crippen LogP contribution >= 0.6 is 0 Å². The summed E-state index contributed by atoms with van der Waals surface area (Å²) >= 11 is 0. The summed E-state index contributed by atoms with van der Waals surface area (Å²) in [5, 5.41) is 12.4. The fourth-order valence-corrected chi connectivity index (χ4v) is 3.12. The van der Waals surface area contributed by atoms with E-state index < -0.39 is 5.97 Å². The minimum absolute atomic E-state index is 0.329. The van der Waals surface area contributed by atoms with Crippen LogP contribution in [0.5, 0.6) is 0 Å². The normalized spacial score (nSPS) is 14.6. The van der Waals surface area contributed by atoms with E-state index in [0.717, 1.165) is 31.6 Å². The summed E-state index contributed by atoms with van der Waals surface area (Å²) in [6, 6.07) is 16.1. The summed E-state index contributed by atoms with van der Waals surface area (Å²) in [7, 11) is 0. The Balaban J connectivity index is 1.52. The van der Waals surface area contributed by atoms with Gasteiger partial charge in [-0.25, -0.2) is 4.79 Å². The molecule has 1 atom stereocenters. The van der Waals surface area contributed by atoms with Crippen molar-refractivity contribution in [3.63, 3.8) is 0 Å². The number of carboxylic acids is 1. The molecule has 1 unspecified atom stereocenters. The molecule has 3 rings (SSSR count). The standard InChI is InChI=1S/C19H22N2O2/c1-14(21-11-10-16-4-2-3-5-18(16)21)12-20-13-15-6-8-17(9-7-15)19(22)23/h2-9,14,20H,10-13H2,1H3,(H,22,23). The summed E-state index contributed by atoms with van der Waals surface area (Å²) in [6.45, 7) is 4.97. The number of rotatable bonds is 6. The van der Waals surface area contributed by atoms with Gasteiger partial charge in [0.25, 0.3) is 0 Å². The molecule has 0 radical (unpaired) electrons. The molecule has 2 aromatic rings. The highest BCUT2D eigenvalue weighted by molar-refractivity contribution is 5.87. The summed E-state index contributed by atoms with van der Waals surface area (Å²) in [4.78, 5) is 13.3. The second-order valence-electron chi connectivity index (χ2n) is 6.05. The van der Waals surface area contributed by atoms with Crippen LogP contribution in [0.1, 0.15) is 28.4 Å². The molecular weight excluding hydrogens is 288 g/mol. The number of aromatic carboxylic acids is 1. The smallest absolute Gasteiger partial charge is 0.335 e. The number of fused-ring (bicyclic) bond motifs is 1. The zero-order chi connectivity index (χ0) is 16.2. The third kappa shape index (κ3) is 3.54. The Labute approximate surface area is 136 Å². The van der Waals surface area contributed by atoms with Crippen LogP contribution in [-0.2, 0) is 13.0 Å². The van der Waals surface area contributed by atoms with Gasteiger partial charge in [-0.3, -0.25) is 0 Å². The minimum atomic E-state index is -0.883. The van der Waals surface area contributed by atoms with Gasteiger partial charge in [-0.15, -0.1) is 0 Å². The lowest BCUT2D eigenvalue weighted by Gasteiger charge is -2.27. The first kappa shape index (κ1) is 15.6. The van der Waals surface area contributed by atoms with Gasteiger partial charge in [0.2, 0.25) is 0 Å². The number of anilines is 1. The Morgan fingerprint density at radius 3 is 2.70 bits per heavy atom. The SMILES string of the molecule is CC(CNCc1ccc(C(=O)O)cc1)N1CCc2ccccc21. The van der Waals surface area contributed by atoms with Crippen LogP contribution in [0.15, 0.2) is 48.5 Å². The number of benzene rings is 2. The van der Waals surface area contributed by atoms with Gasteiger partial charge in [0.15, 0.2) is 0 Å². The second kappa shape index (κ2) is 6.84. The number of para-hydroxylation sites is 1. The van der Waals surface area contributed by atoms with Crippen LogP contribution in [0, 0.1) is 0 Å². The maximum atomic E-state index is 10.8. The second-order valence-corrected chi connectivity index (χ2v) is 6.05. The maximum Gasteiger partial charge on any atom is 0.335 e. The van der Waals surface area contributed by atoms with E-state index in [9.17, 15) is 4.79 Å². The Bertz CT molecular complexity index is 682. The van der Waals surface area contributed by atoms with Crippen molar-refractivity contribution >= 4 is 11.7 Å². The lowest BCUT2D eigenvalue weighted by Crippen LogP contribution is -2.39. The van der Waals surface area contributed by atoms with Crippen LogP contribution in [0.25, 0.3) is 0 Å². The van der Waals surface area contributed by atoms with Gasteiger partial charge in [-0.2, -0.15) is 0 Å². The maximum absolute atomic E-state index is 10.8. The predicted octanol–water partition coefficient (Wildman–Crippen LogP) is 2.93. The average Bonchev–Trinajstić information content (AvgIpc) is 2.99. The highest BCUT2D eigenvalue weighted by Crippen LogP contribution is 2.28. The van der Waals surface area contributed by atoms with E-state index in [2.05, 4.69) is 41.4 Å². The monoisotopic (exact) mass is 310 g/mol. The van der Waals surface area contributed by atoms with Crippen LogP contribution in [-0.4, -0.2) is 30.2 Å². The number of carboxylic acid groups (broad SMARTS) is 1. The van der Waals surface area contributed by atoms with Crippen molar-refractivity contribution in [3.05, 3.63) is 65.2 Å². The Morgan fingerprint density at radius 2 is 1.96 bits per heavy atom. The van der Waals surface area contributed by atoms with E-state index >= 15 is 0 Å². The first-order valence-electron chi connectivity index (χ1n) is 8.02. The molecule has 1 aliphatic heterocycles. The molecule has 0 amide bonds. The molecule has 0 aliphatic carbocycles. The van der Waals surface area contributed by atoms with Crippen LogP contribution in [0.2, 0.25) is 0 Å². The Kier molecular flexibility index (Phi) is 4.63. The third-order valence-corrected chi connectivity index (χ3v) is 4.42. The van der Waals surface area contributed by atoms with Crippen LogP contribution < -0.4 is 10.2 Å². The Morgan fingerprint density at radius 1 is 1.22 bits per heavy atom.